The maximum atomic E-state index is 11.7. The van der Waals surface area contributed by atoms with Crippen LogP contribution in [0.15, 0.2) is 24.3 Å². The summed E-state index contributed by atoms with van der Waals surface area (Å²) in [5.74, 6) is -1.23. The molecule has 0 amide bonds. The highest BCUT2D eigenvalue weighted by Crippen LogP contribution is 2.26. The highest BCUT2D eigenvalue weighted by Gasteiger charge is 2.14. The number of hydrogen-bond donors (Lipinski definition) is 2. The second-order valence-corrected chi connectivity index (χ2v) is 6.78. The Morgan fingerprint density at radius 2 is 2.11 bits per heavy atom. The first kappa shape index (κ1) is 13.8. The summed E-state index contributed by atoms with van der Waals surface area (Å²) >= 11 is 1.25. The van der Waals surface area contributed by atoms with Gasteiger partial charge in [-0.15, -0.1) is 0 Å². The molecule has 2 rings (SSSR count). The van der Waals surface area contributed by atoms with E-state index in [1.807, 2.05) is 18.2 Å². The Morgan fingerprint density at radius 1 is 1.37 bits per heavy atom. The molecule has 2 aromatic rings. The Bertz CT molecular complexity index is 661. The van der Waals surface area contributed by atoms with Crippen LogP contribution in [-0.2, 0) is 14.8 Å². The van der Waals surface area contributed by atoms with Crippen molar-refractivity contribution in [2.24, 2.45) is 0 Å². The number of aromatic nitrogens is 1. The van der Waals surface area contributed by atoms with Crippen LogP contribution in [0.5, 0.6) is 0 Å². The summed E-state index contributed by atoms with van der Waals surface area (Å²) < 4.78 is 26.7. The zero-order valence-electron chi connectivity index (χ0n) is 9.87. The van der Waals surface area contributed by atoms with Crippen molar-refractivity contribution in [1.82, 2.24) is 4.98 Å². The molecule has 0 saturated heterocycles. The summed E-state index contributed by atoms with van der Waals surface area (Å²) in [6.07, 6.45) is -0.0870. The molecular weight excluding hydrogens is 288 g/mol. The van der Waals surface area contributed by atoms with E-state index < -0.39 is 16.0 Å². The van der Waals surface area contributed by atoms with Crippen LogP contribution >= 0.6 is 11.3 Å². The van der Waals surface area contributed by atoms with E-state index in [1.54, 1.807) is 6.07 Å². The largest absolute Gasteiger partial charge is 0.481 e. The van der Waals surface area contributed by atoms with Crippen molar-refractivity contribution in [1.29, 1.82) is 0 Å². The molecule has 0 radical (unpaired) electrons. The molecule has 6 nitrogen and oxygen atoms in total. The Labute approximate surface area is 114 Å². The topological polar surface area (TPSA) is 96.4 Å². The second kappa shape index (κ2) is 5.54. The fourth-order valence-electron chi connectivity index (χ4n) is 1.51. The first-order valence-electron chi connectivity index (χ1n) is 5.54. The number of para-hydroxylation sites is 1. The fourth-order valence-corrected chi connectivity index (χ4v) is 3.72. The van der Waals surface area contributed by atoms with Gasteiger partial charge in [0.25, 0.3) is 0 Å². The van der Waals surface area contributed by atoms with Gasteiger partial charge in [-0.3, -0.25) is 9.52 Å². The highest BCUT2D eigenvalue weighted by atomic mass is 32.2. The van der Waals surface area contributed by atoms with Gasteiger partial charge in [0.1, 0.15) is 0 Å². The lowest BCUT2D eigenvalue weighted by Crippen LogP contribution is -2.17. The van der Waals surface area contributed by atoms with Gasteiger partial charge in [-0.2, -0.15) is 0 Å². The van der Waals surface area contributed by atoms with Crippen molar-refractivity contribution < 1.29 is 18.3 Å². The predicted octanol–water partition coefficient (Wildman–Crippen LogP) is 1.90. The fraction of sp³-hybridized carbons (Fsp3) is 0.273. The number of benzene rings is 1. The van der Waals surface area contributed by atoms with Crippen LogP contribution < -0.4 is 4.72 Å². The van der Waals surface area contributed by atoms with E-state index in [4.69, 9.17) is 5.11 Å². The number of carboxylic acids is 1. The monoisotopic (exact) mass is 300 g/mol. The Balaban J connectivity index is 2.05. The number of carbonyl (C=O) groups is 1. The lowest BCUT2D eigenvalue weighted by molar-refractivity contribution is -0.137. The molecule has 1 aromatic carbocycles. The predicted molar refractivity (Wildman–Crippen MR) is 73.9 cm³/mol. The molecule has 0 fully saturated rings. The number of sulfonamides is 1. The van der Waals surface area contributed by atoms with E-state index in [-0.39, 0.29) is 18.6 Å². The van der Waals surface area contributed by atoms with Gasteiger partial charge in [0.05, 0.1) is 16.0 Å². The maximum Gasteiger partial charge on any atom is 0.303 e. The van der Waals surface area contributed by atoms with Crippen molar-refractivity contribution in [3.8, 4) is 0 Å². The molecule has 8 heteroatoms. The SMILES string of the molecule is O=C(O)CCCS(=O)(=O)Nc1nc2ccccc2s1. The normalized spacial score (nSPS) is 11.6. The number of nitrogens with zero attached hydrogens (tertiary/aromatic N) is 1. The van der Waals surface area contributed by atoms with Crippen molar-refractivity contribution in [3.63, 3.8) is 0 Å². The van der Waals surface area contributed by atoms with Gasteiger partial charge in [0.15, 0.2) is 5.13 Å². The van der Waals surface area contributed by atoms with Crippen molar-refractivity contribution in [3.05, 3.63) is 24.3 Å². The summed E-state index contributed by atoms with van der Waals surface area (Å²) in [7, 11) is -3.54. The number of nitrogens with one attached hydrogen (secondary N) is 1. The molecular formula is C11H12N2O4S2. The number of hydrogen-bond acceptors (Lipinski definition) is 5. The molecule has 0 aliphatic carbocycles. The molecule has 1 heterocycles. The standard InChI is InChI=1S/C11H12N2O4S2/c14-10(15)6-3-7-19(16,17)13-11-12-8-4-1-2-5-9(8)18-11/h1-2,4-5H,3,6-7H2,(H,12,13)(H,14,15). The second-order valence-electron chi connectivity index (χ2n) is 3.90. The van der Waals surface area contributed by atoms with Crippen LogP contribution in [0.25, 0.3) is 10.2 Å². The van der Waals surface area contributed by atoms with Crippen LogP contribution in [-0.4, -0.2) is 30.2 Å². The third-order valence-corrected chi connectivity index (χ3v) is 4.75. The quantitative estimate of drug-likeness (QED) is 0.849. The number of carboxylic acid groups (broad SMARTS) is 1. The minimum absolute atomic E-state index is 0.0789. The Morgan fingerprint density at radius 3 is 2.79 bits per heavy atom. The van der Waals surface area contributed by atoms with E-state index in [0.29, 0.717) is 5.13 Å². The van der Waals surface area contributed by atoms with Crippen LogP contribution in [0.2, 0.25) is 0 Å². The average Bonchev–Trinajstić information content (AvgIpc) is 2.68. The number of thiazole rings is 1. The third kappa shape index (κ3) is 3.90. The van der Waals surface area contributed by atoms with E-state index in [2.05, 4.69) is 9.71 Å². The maximum absolute atomic E-state index is 11.7. The van der Waals surface area contributed by atoms with Gasteiger partial charge >= 0.3 is 5.97 Å². The molecule has 0 spiro atoms. The van der Waals surface area contributed by atoms with E-state index in [1.165, 1.54) is 11.3 Å². The first-order valence-corrected chi connectivity index (χ1v) is 8.01. The molecule has 0 aliphatic rings. The van der Waals surface area contributed by atoms with Gasteiger partial charge in [-0.1, -0.05) is 23.5 Å². The van der Waals surface area contributed by atoms with Gasteiger partial charge in [-0.05, 0) is 18.6 Å². The minimum Gasteiger partial charge on any atom is -0.481 e. The lowest BCUT2D eigenvalue weighted by Gasteiger charge is -2.03. The minimum atomic E-state index is -3.54. The molecule has 0 atom stereocenters. The summed E-state index contributed by atoms with van der Waals surface area (Å²) in [4.78, 5) is 14.5. The highest BCUT2D eigenvalue weighted by molar-refractivity contribution is 7.92. The molecule has 0 bridgehead atoms. The molecule has 1 aromatic heterocycles. The zero-order valence-corrected chi connectivity index (χ0v) is 11.5. The molecule has 0 saturated carbocycles. The summed E-state index contributed by atoms with van der Waals surface area (Å²) in [5, 5.41) is 8.77. The van der Waals surface area contributed by atoms with Crippen LogP contribution in [0.1, 0.15) is 12.8 Å². The van der Waals surface area contributed by atoms with Gasteiger partial charge in [-0.25, -0.2) is 13.4 Å². The average molecular weight is 300 g/mol. The summed E-state index contributed by atoms with van der Waals surface area (Å²) in [6, 6.07) is 7.34. The number of fused-ring (bicyclic) bond motifs is 1. The Kier molecular flexibility index (Phi) is 4.01. The molecule has 0 unspecified atom stereocenters. The first-order chi connectivity index (χ1) is 8.96. The molecule has 2 N–H and O–H groups in total. The molecule has 19 heavy (non-hydrogen) atoms. The van der Waals surface area contributed by atoms with Gasteiger partial charge < -0.3 is 5.11 Å². The Hall–Kier alpha value is -1.67. The number of rotatable bonds is 6. The number of aliphatic carboxylic acids is 1. The van der Waals surface area contributed by atoms with Gasteiger partial charge in [0, 0.05) is 6.42 Å². The summed E-state index contributed by atoms with van der Waals surface area (Å²) in [6.45, 7) is 0. The van der Waals surface area contributed by atoms with Gasteiger partial charge in [0.2, 0.25) is 10.0 Å². The van der Waals surface area contributed by atoms with Crippen molar-refractivity contribution >= 4 is 42.7 Å². The van der Waals surface area contributed by atoms with Crippen LogP contribution in [0, 0.1) is 0 Å². The number of anilines is 1. The smallest absolute Gasteiger partial charge is 0.303 e. The van der Waals surface area contributed by atoms with Crippen LogP contribution in [0.3, 0.4) is 0 Å². The van der Waals surface area contributed by atoms with Crippen LogP contribution in [0.4, 0.5) is 5.13 Å². The summed E-state index contributed by atoms with van der Waals surface area (Å²) in [5.41, 5.74) is 0.732. The molecule has 102 valence electrons. The molecule has 0 aliphatic heterocycles. The van der Waals surface area contributed by atoms with E-state index in [0.717, 1.165) is 10.2 Å². The lowest BCUT2D eigenvalue weighted by atomic mass is 10.3. The van der Waals surface area contributed by atoms with E-state index >= 15 is 0 Å². The zero-order chi connectivity index (χ0) is 13.9. The van der Waals surface area contributed by atoms with E-state index in [9.17, 15) is 13.2 Å². The third-order valence-electron chi connectivity index (χ3n) is 2.34. The van der Waals surface area contributed by atoms with Crippen molar-refractivity contribution in [2.45, 2.75) is 12.8 Å². The van der Waals surface area contributed by atoms with Crippen molar-refractivity contribution in [2.75, 3.05) is 10.5 Å².